The van der Waals surface area contributed by atoms with Gasteiger partial charge in [0.2, 0.25) is 0 Å². The molecule has 1 fully saturated rings. The van der Waals surface area contributed by atoms with Crippen molar-refractivity contribution >= 4 is 17.1 Å². The Labute approximate surface area is 162 Å². The summed E-state index contributed by atoms with van der Waals surface area (Å²) in [4.78, 5) is 60.2. The minimum absolute atomic E-state index is 0. The molecule has 0 spiro atoms. The first kappa shape index (κ1) is 28.0. The summed E-state index contributed by atoms with van der Waals surface area (Å²) in [6, 6.07) is 0. The van der Waals surface area contributed by atoms with Crippen LogP contribution in [0.25, 0.3) is 0 Å². The number of H-pyrrole nitrogens is 1. The Morgan fingerprint density at radius 1 is 1.31 bits per heavy atom. The molecule has 7 N–H and O–H groups in total. The maximum atomic E-state index is 11.6. The molecule has 0 aromatic carbocycles. The maximum absolute atomic E-state index is 11.6. The molecule has 1 aliphatic heterocycles. The summed E-state index contributed by atoms with van der Waals surface area (Å²) in [5, 5.41) is 18.5. The van der Waals surface area contributed by atoms with E-state index in [1.807, 2.05) is 0 Å². The SMILES string of the molecule is Cc1cn([C@H]2C[C@H](O)[C@@H](CO)O2)c(=O)[nH]c1=O.NP([O-])[O-].NP([O-])[O-].[Ru+4]. The van der Waals surface area contributed by atoms with Crippen LogP contribution in [0.3, 0.4) is 0 Å². The van der Waals surface area contributed by atoms with Gasteiger partial charge in [-0.2, -0.15) is 0 Å². The first-order chi connectivity index (χ1) is 11.5. The van der Waals surface area contributed by atoms with Gasteiger partial charge in [-0.05, 0) is 6.92 Å². The molecule has 26 heavy (non-hydrogen) atoms. The Morgan fingerprint density at radius 2 is 1.77 bits per heavy atom. The molecule has 0 unspecified atom stereocenters. The van der Waals surface area contributed by atoms with Crippen LogP contribution in [-0.4, -0.2) is 38.6 Å². The van der Waals surface area contributed by atoms with E-state index in [9.17, 15) is 14.7 Å². The van der Waals surface area contributed by atoms with Crippen LogP contribution in [-0.2, 0) is 24.2 Å². The normalized spacial score (nSPS) is 21.4. The molecule has 0 bridgehead atoms. The standard InChI is InChI=1S/C10H14N2O5.2H2NO2P.Ru/c1-5-3-12(10(16)11-9(5)15)8-2-6(14)7(4-13)17-8;2*1-4(2)3;/h3,6-8,13-14H,2,4H2,1H3,(H,11,15,16);2*1H2;/q;2*-2;+4/t6-,7+,8+;;;/m0.../s1. The van der Waals surface area contributed by atoms with Crippen molar-refractivity contribution in [3.63, 3.8) is 0 Å². The molecular formula is C10H18N4O9P2Ru. The smallest absolute Gasteiger partial charge is 0.830 e. The average Bonchev–Trinajstić information content (AvgIpc) is 2.82. The van der Waals surface area contributed by atoms with Crippen molar-refractivity contribution in [2.45, 2.75) is 31.8 Å². The van der Waals surface area contributed by atoms with E-state index in [0.717, 1.165) is 0 Å². The third-order valence-electron chi connectivity index (χ3n) is 2.84. The fraction of sp³-hybridized carbons (Fsp3) is 0.600. The second-order valence-corrected chi connectivity index (χ2v) is 5.81. The molecule has 0 aliphatic carbocycles. The van der Waals surface area contributed by atoms with E-state index in [1.54, 1.807) is 6.92 Å². The Hall–Kier alpha value is -0.197. The zero-order valence-electron chi connectivity index (χ0n) is 13.3. The van der Waals surface area contributed by atoms with Gasteiger partial charge in [-0.25, -0.2) is 21.8 Å². The number of ether oxygens (including phenoxy) is 1. The van der Waals surface area contributed by atoms with Crippen molar-refractivity contribution in [3.05, 3.63) is 32.6 Å². The number of nitrogens with one attached hydrogen (secondary N) is 1. The van der Waals surface area contributed by atoms with Crippen LogP contribution in [0, 0.1) is 6.92 Å². The summed E-state index contributed by atoms with van der Waals surface area (Å²) in [5.41, 5.74) is 7.49. The first-order valence-electron chi connectivity index (χ1n) is 6.54. The quantitative estimate of drug-likeness (QED) is 0.189. The molecule has 0 radical (unpaired) electrons. The number of aryl methyl sites for hydroxylation is 1. The molecule has 1 aliphatic rings. The van der Waals surface area contributed by atoms with Gasteiger partial charge in [0.1, 0.15) is 12.3 Å². The number of nitrogens with two attached hydrogens (primary N) is 2. The maximum Gasteiger partial charge on any atom is 4.00 e. The number of aromatic amines is 1. The second kappa shape index (κ2) is 13.9. The van der Waals surface area contributed by atoms with E-state index >= 15 is 0 Å². The van der Waals surface area contributed by atoms with Crippen LogP contribution in [0.4, 0.5) is 0 Å². The molecule has 13 nitrogen and oxygen atoms in total. The van der Waals surface area contributed by atoms with E-state index in [1.165, 1.54) is 10.8 Å². The minimum Gasteiger partial charge on any atom is -0.830 e. The minimum atomic E-state index is -2.62. The van der Waals surface area contributed by atoms with E-state index in [4.69, 9.17) is 29.4 Å². The van der Waals surface area contributed by atoms with Crippen LogP contribution in [0.1, 0.15) is 18.2 Å². The molecule has 2 rings (SSSR count). The fourth-order valence-electron chi connectivity index (χ4n) is 1.85. The molecule has 3 atom stereocenters. The van der Waals surface area contributed by atoms with Gasteiger partial charge in [0.15, 0.2) is 0 Å². The summed E-state index contributed by atoms with van der Waals surface area (Å²) in [5.74, 6) is 0. The van der Waals surface area contributed by atoms with E-state index in [2.05, 4.69) is 16.0 Å². The predicted octanol–water partition coefficient (Wildman–Crippen LogP) is -5.73. The van der Waals surface area contributed by atoms with Gasteiger partial charge < -0.3 is 45.5 Å². The van der Waals surface area contributed by atoms with Crippen LogP contribution in [0.2, 0.25) is 0 Å². The van der Waals surface area contributed by atoms with Crippen LogP contribution >= 0.6 is 17.1 Å². The largest absolute Gasteiger partial charge is 4.00 e. The second-order valence-electron chi connectivity index (χ2n) is 4.66. The zero-order chi connectivity index (χ0) is 19.7. The van der Waals surface area contributed by atoms with Gasteiger partial charge in [0, 0.05) is 18.2 Å². The van der Waals surface area contributed by atoms with Crippen molar-refractivity contribution in [3.8, 4) is 0 Å². The Kier molecular flexibility index (Phi) is 15.0. The Bertz CT molecular complexity index is 618. The molecule has 1 aromatic heterocycles. The van der Waals surface area contributed by atoms with Crippen molar-refractivity contribution < 1.29 is 54.0 Å². The summed E-state index contributed by atoms with van der Waals surface area (Å²) >= 11 is 0. The Morgan fingerprint density at radius 3 is 2.15 bits per heavy atom. The number of aromatic nitrogens is 2. The number of hydrogen-bond acceptors (Lipinski definition) is 11. The van der Waals surface area contributed by atoms with Crippen LogP contribution in [0.15, 0.2) is 15.8 Å². The van der Waals surface area contributed by atoms with Crippen molar-refractivity contribution in [2.24, 2.45) is 11.0 Å². The fourth-order valence-corrected chi connectivity index (χ4v) is 1.85. The number of aliphatic hydroxyl groups is 2. The zero-order valence-corrected chi connectivity index (χ0v) is 16.9. The average molecular weight is 501 g/mol. The molecule has 1 saturated heterocycles. The number of nitrogens with zero attached hydrogens (tertiary/aromatic N) is 1. The molecule has 0 amide bonds. The van der Waals surface area contributed by atoms with E-state index < -0.39 is 46.7 Å². The van der Waals surface area contributed by atoms with E-state index in [-0.39, 0.29) is 32.5 Å². The van der Waals surface area contributed by atoms with Gasteiger partial charge in [0.25, 0.3) is 5.56 Å². The molecular weight excluding hydrogens is 483 g/mol. The summed E-state index contributed by atoms with van der Waals surface area (Å²) < 4.78 is 6.54. The van der Waals surface area contributed by atoms with Gasteiger partial charge in [-0.15, -0.1) is 0 Å². The first-order valence-corrected chi connectivity index (χ1v) is 9.03. The van der Waals surface area contributed by atoms with Gasteiger partial charge in [-0.3, -0.25) is 14.3 Å². The molecule has 1 aromatic rings. The third kappa shape index (κ3) is 10.8. The van der Waals surface area contributed by atoms with Crippen molar-refractivity contribution in [1.82, 2.24) is 9.55 Å². The monoisotopic (exact) mass is 502 g/mol. The molecule has 150 valence electrons. The number of aliphatic hydroxyl groups excluding tert-OH is 2. The molecule has 2 heterocycles. The van der Waals surface area contributed by atoms with Gasteiger partial charge in [-0.1, -0.05) is 0 Å². The summed E-state index contributed by atoms with van der Waals surface area (Å²) in [6.07, 6.45) is -0.581. The van der Waals surface area contributed by atoms with Crippen molar-refractivity contribution in [2.75, 3.05) is 6.61 Å². The predicted molar refractivity (Wildman–Crippen MR) is 79.9 cm³/mol. The van der Waals surface area contributed by atoms with Gasteiger partial charge in [0.05, 0.1) is 12.7 Å². The van der Waals surface area contributed by atoms with Crippen molar-refractivity contribution in [1.29, 1.82) is 0 Å². The molecule has 0 saturated carbocycles. The topological polar surface area (TPSA) is 249 Å². The number of rotatable bonds is 2. The van der Waals surface area contributed by atoms with Gasteiger partial charge >= 0.3 is 25.2 Å². The third-order valence-corrected chi connectivity index (χ3v) is 2.84. The van der Waals surface area contributed by atoms with E-state index in [0.29, 0.717) is 5.56 Å². The Balaban J connectivity index is 0. The summed E-state index contributed by atoms with van der Waals surface area (Å²) in [6.45, 7) is 1.26. The molecule has 16 heteroatoms. The number of hydrogen-bond donors (Lipinski definition) is 5. The van der Waals surface area contributed by atoms with Crippen LogP contribution in [0.5, 0.6) is 0 Å². The van der Waals surface area contributed by atoms with Crippen LogP contribution < -0.4 is 41.8 Å². The summed E-state index contributed by atoms with van der Waals surface area (Å²) in [7, 11) is -5.24.